The van der Waals surface area contributed by atoms with Gasteiger partial charge in [0.2, 0.25) is 0 Å². The average Bonchev–Trinajstić information content (AvgIpc) is 2.12. The third-order valence-corrected chi connectivity index (χ3v) is 2.15. The lowest BCUT2D eigenvalue weighted by atomic mass is 9.87. The van der Waals surface area contributed by atoms with Crippen molar-refractivity contribution < 1.29 is 35.1 Å². The minimum Gasteiger partial charge on any atom is -0.395 e. The molecule has 0 atom stereocenters. The first kappa shape index (κ1) is 12.8. The minimum absolute atomic E-state index is 2.45. The molecule has 0 fully saturated rings. The van der Waals surface area contributed by atoms with Gasteiger partial charge in [-0.2, -0.15) is 35.1 Å². The van der Waals surface area contributed by atoms with Crippen molar-refractivity contribution in [2.45, 2.75) is 23.7 Å². The SMILES string of the molecule is NC1=C(N)C(F)(F)C(F)(F)C(F)(F)C1(F)F. The van der Waals surface area contributed by atoms with Crippen molar-refractivity contribution in [3.63, 3.8) is 0 Å². The summed E-state index contributed by atoms with van der Waals surface area (Å²) in [4.78, 5) is 0. The van der Waals surface area contributed by atoms with Crippen LogP contribution in [0.3, 0.4) is 0 Å². The van der Waals surface area contributed by atoms with Crippen LogP contribution < -0.4 is 11.5 Å². The summed E-state index contributed by atoms with van der Waals surface area (Å²) < 4.78 is 101. The van der Waals surface area contributed by atoms with Crippen molar-refractivity contribution in [3.8, 4) is 0 Å². The third kappa shape index (κ3) is 1.02. The van der Waals surface area contributed by atoms with Crippen LogP contribution in [0.4, 0.5) is 35.1 Å². The zero-order valence-electron chi connectivity index (χ0n) is 7.18. The van der Waals surface area contributed by atoms with Crippen molar-refractivity contribution in [2.24, 2.45) is 11.5 Å². The summed E-state index contributed by atoms with van der Waals surface area (Å²) in [5.74, 6) is -23.9. The number of nitrogens with two attached hydrogens (primary N) is 2. The van der Waals surface area contributed by atoms with Crippen LogP contribution in [0.15, 0.2) is 11.4 Å². The van der Waals surface area contributed by atoms with E-state index in [1.807, 2.05) is 0 Å². The van der Waals surface area contributed by atoms with Gasteiger partial charge >= 0.3 is 23.7 Å². The van der Waals surface area contributed by atoms with Crippen LogP contribution in [0.5, 0.6) is 0 Å². The molecule has 94 valence electrons. The Labute approximate surface area is 82.9 Å². The minimum atomic E-state index is -6.32. The Balaban J connectivity index is 3.64. The molecule has 1 aliphatic carbocycles. The molecule has 10 heteroatoms. The van der Waals surface area contributed by atoms with Gasteiger partial charge in [-0.1, -0.05) is 0 Å². The quantitative estimate of drug-likeness (QED) is 0.648. The molecule has 0 aliphatic heterocycles. The second-order valence-electron chi connectivity index (χ2n) is 3.12. The highest BCUT2D eigenvalue weighted by molar-refractivity contribution is 5.35. The van der Waals surface area contributed by atoms with E-state index < -0.39 is 35.1 Å². The monoisotopic (exact) mass is 256 g/mol. The zero-order valence-corrected chi connectivity index (χ0v) is 7.18. The second kappa shape index (κ2) is 2.72. The Morgan fingerprint density at radius 1 is 0.562 bits per heavy atom. The lowest BCUT2D eigenvalue weighted by Crippen LogP contribution is -2.69. The molecule has 0 aromatic heterocycles. The van der Waals surface area contributed by atoms with Crippen LogP contribution >= 0.6 is 0 Å². The van der Waals surface area contributed by atoms with Crippen LogP contribution in [0.2, 0.25) is 0 Å². The average molecular weight is 256 g/mol. The lowest BCUT2D eigenvalue weighted by Gasteiger charge is -2.41. The molecule has 2 nitrogen and oxygen atoms in total. The molecule has 0 aromatic rings. The molecular weight excluding hydrogens is 252 g/mol. The maximum Gasteiger partial charge on any atom is 0.384 e. The molecule has 1 aliphatic rings. The molecule has 0 bridgehead atoms. The maximum atomic E-state index is 12.6. The third-order valence-electron chi connectivity index (χ3n) is 2.15. The van der Waals surface area contributed by atoms with Crippen molar-refractivity contribution in [1.82, 2.24) is 0 Å². The number of allylic oxidation sites excluding steroid dienone is 2. The fourth-order valence-corrected chi connectivity index (χ4v) is 1.07. The van der Waals surface area contributed by atoms with E-state index in [1.165, 1.54) is 0 Å². The summed E-state index contributed by atoms with van der Waals surface area (Å²) in [5, 5.41) is 0. The number of hydrogen-bond donors (Lipinski definition) is 2. The molecule has 0 saturated carbocycles. The number of rotatable bonds is 0. The van der Waals surface area contributed by atoms with Crippen LogP contribution in [0.25, 0.3) is 0 Å². The largest absolute Gasteiger partial charge is 0.395 e. The molecule has 0 spiro atoms. The van der Waals surface area contributed by atoms with Gasteiger partial charge in [-0.15, -0.1) is 0 Å². The molecule has 0 unspecified atom stereocenters. The van der Waals surface area contributed by atoms with E-state index in [0.29, 0.717) is 0 Å². The predicted molar refractivity (Wildman–Crippen MR) is 35.2 cm³/mol. The molecule has 0 amide bonds. The van der Waals surface area contributed by atoms with Crippen molar-refractivity contribution in [3.05, 3.63) is 11.4 Å². The van der Waals surface area contributed by atoms with Gasteiger partial charge in [0.1, 0.15) is 11.4 Å². The highest BCUT2D eigenvalue weighted by atomic mass is 19.4. The van der Waals surface area contributed by atoms with Gasteiger partial charge < -0.3 is 11.5 Å². The van der Waals surface area contributed by atoms with Gasteiger partial charge in [-0.3, -0.25) is 0 Å². The lowest BCUT2D eigenvalue weighted by molar-refractivity contribution is -0.359. The van der Waals surface area contributed by atoms with Crippen molar-refractivity contribution in [2.75, 3.05) is 0 Å². The van der Waals surface area contributed by atoms with E-state index in [4.69, 9.17) is 0 Å². The fourth-order valence-electron chi connectivity index (χ4n) is 1.07. The highest BCUT2D eigenvalue weighted by Crippen LogP contribution is 2.59. The second-order valence-corrected chi connectivity index (χ2v) is 3.12. The smallest absolute Gasteiger partial charge is 0.384 e. The summed E-state index contributed by atoms with van der Waals surface area (Å²) in [5.41, 5.74) is 3.58. The highest BCUT2D eigenvalue weighted by Gasteiger charge is 2.85. The molecule has 1 rings (SSSR count). The van der Waals surface area contributed by atoms with Crippen LogP contribution in [-0.2, 0) is 0 Å². The first-order valence-electron chi connectivity index (χ1n) is 3.59. The van der Waals surface area contributed by atoms with Crippen molar-refractivity contribution in [1.29, 1.82) is 0 Å². The summed E-state index contributed by atoms with van der Waals surface area (Å²) in [6, 6.07) is 0. The summed E-state index contributed by atoms with van der Waals surface area (Å²) in [6.45, 7) is 0. The van der Waals surface area contributed by atoms with Gasteiger partial charge in [0.15, 0.2) is 0 Å². The van der Waals surface area contributed by atoms with Gasteiger partial charge in [0, 0.05) is 0 Å². The molecular formula is C6H4F8N2. The summed E-state index contributed by atoms with van der Waals surface area (Å²) in [7, 11) is 0. The Morgan fingerprint density at radius 2 is 0.750 bits per heavy atom. The van der Waals surface area contributed by atoms with Crippen LogP contribution in [0.1, 0.15) is 0 Å². The number of halogens is 8. The molecule has 4 N–H and O–H groups in total. The Hall–Kier alpha value is -1.22. The Kier molecular flexibility index (Phi) is 2.18. The standard InChI is InChI=1S/C6H4F8N2/c7-3(8)1(15)2(16)4(9,10)6(13,14)5(3,11)12/h15-16H2. The summed E-state index contributed by atoms with van der Waals surface area (Å²) in [6.07, 6.45) is 0. The Morgan fingerprint density at radius 3 is 0.938 bits per heavy atom. The van der Waals surface area contributed by atoms with Gasteiger partial charge in [-0.05, 0) is 0 Å². The predicted octanol–water partition coefficient (Wildman–Crippen LogP) is 1.67. The maximum absolute atomic E-state index is 12.6. The molecule has 0 radical (unpaired) electrons. The van der Waals surface area contributed by atoms with Crippen LogP contribution in [0, 0.1) is 0 Å². The van der Waals surface area contributed by atoms with E-state index in [-0.39, 0.29) is 0 Å². The number of alkyl halides is 8. The molecule has 16 heavy (non-hydrogen) atoms. The van der Waals surface area contributed by atoms with E-state index >= 15 is 0 Å². The molecule has 0 saturated heterocycles. The molecule has 0 aromatic carbocycles. The van der Waals surface area contributed by atoms with Gasteiger partial charge in [0.25, 0.3) is 0 Å². The fraction of sp³-hybridized carbons (Fsp3) is 0.667. The normalized spacial score (nSPS) is 30.2. The zero-order chi connectivity index (χ0) is 13.2. The van der Waals surface area contributed by atoms with Gasteiger partial charge in [-0.25, -0.2) is 0 Å². The Bertz CT molecular complexity index is 324. The van der Waals surface area contributed by atoms with E-state index in [9.17, 15) is 35.1 Å². The first-order chi connectivity index (χ1) is 6.82. The summed E-state index contributed by atoms with van der Waals surface area (Å²) >= 11 is 0. The van der Waals surface area contributed by atoms with Crippen molar-refractivity contribution >= 4 is 0 Å². The first-order valence-corrected chi connectivity index (χ1v) is 3.59. The van der Waals surface area contributed by atoms with E-state index in [2.05, 4.69) is 11.5 Å². The van der Waals surface area contributed by atoms with Gasteiger partial charge in [0.05, 0.1) is 0 Å². The number of hydrogen-bond acceptors (Lipinski definition) is 2. The topological polar surface area (TPSA) is 52.0 Å². The van der Waals surface area contributed by atoms with E-state index in [0.717, 1.165) is 0 Å². The van der Waals surface area contributed by atoms with Crippen LogP contribution in [-0.4, -0.2) is 23.7 Å². The molecule has 0 heterocycles. The van der Waals surface area contributed by atoms with E-state index in [1.54, 1.807) is 0 Å².